The molecule has 2 bridgehead atoms. The lowest BCUT2D eigenvalue weighted by Gasteiger charge is -2.28. The first-order chi connectivity index (χ1) is 6.24. The predicted octanol–water partition coefficient (Wildman–Crippen LogP) is 0.785. The molecule has 13 heavy (non-hydrogen) atoms. The molecule has 4 nitrogen and oxygen atoms in total. The average Bonchev–Trinajstić information content (AvgIpc) is 2.42. The van der Waals surface area contributed by atoms with E-state index in [4.69, 9.17) is 5.11 Å². The van der Waals surface area contributed by atoms with E-state index in [-0.39, 0.29) is 0 Å². The summed E-state index contributed by atoms with van der Waals surface area (Å²) >= 11 is 0. The molecule has 2 rings (SSSR count). The number of fused-ring (bicyclic) bond motifs is 2. The fourth-order valence-corrected chi connectivity index (χ4v) is 2.57. The maximum absolute atomic E-state index is 10.3. The van der Waals surface area contributed by atoms with Crippen molar-refractivity contribution in [1.82, 2.24) is 10.6 Å². The van der Waals surface area contributed by atoms with Crippen molar-refractivity contribution in [2.24, 2.45) is 5.92 Å². The Kier molecular flexibility index (Phi) is 2.40. The van der Waals surface area contributed by atoms with Crippen molar-refractivity contribution >= 4 is 6.09 Å². The Morgan fingerprint density at radius 3 is 2.54 bits per heavy atom. The van der Waals surface area contributed by atoms with Gasteiger partial charge in [0.25, 0.3) is 0 Å². The molecule has 0 aromatic carbocycles. The van der Waals surface area contributed by atoms with E-state index in [1.165, 1.54) is 12.8 Å². The fourth-order valence-electron chi connectivity index (χ4n) is 2.57. The van der Waals surface area contributed by atoms with Gasteiger partial charge >= 0.3 is 6.09 Å². The van der Waals surface area contributed by atoms with Gasteiger partial charge in [0.05, 0.1) is 0 Å². The van der Waals surface area contributed by atoms with Gasteiger partial charge in [-0.3, -0.25) is 0 Å². The normalized spacial score (nSPS) is 37.4. The minimum Gasteiger partial charge on any atom is -0.465 e. The monoisotopic (exact) mass is 184 g/mol. The Bertz CT molecular complexity index is 196. The maximum atomic E-state index is 10.3. The van der Waals surface area contributed by atoms with Crippen LogP contribution in [0, 0.1) is 5.92 Å². The zero-order valence-electron chi connectivity index (χ0n) is 7.62. The van der Waals surface area contributed by atoms with Crippen molar-refractivity contribution in [2.75, 3.05) is 6.54 Å². The van der Waals surface area contributed by atoms with Crippen LogP contribution in [-0.4, -0.2) is 29.8 Å². The molecule has 3 N–H and O–H groups in total. The Labute approximate surface area is 77.7 Å². The number of hydrogen-bond acceptors (Lipinski definition) is 2. The quantitative estimate of drug-likeness (QED) is 0.594. The van der Waals surface area contributed by atoms with E-state index in [0.29, 0.717) is 24.5 Å². The lowest BCUT2D eigenvalue weighted by Crippen LogP contribution is -2.41. The van der Waals surface area contributed by atoms with E-state index < -0.39 is 6.09 Å². The summed E-state index contributed by atoms with van der Waals surface area (Å²) in [6, 6.07) is 1.30. The first-order valence-corrected chi connectivity index (χ1v) is 4.97. The molecule has 1 unspecified atom stereocenters. The van der Waals surface area contributed by atoms with Crippen LogP contribution in [0.2, 0.25) is 0 Å². The first-order valence-electron chi connectivity index (χ1n) is 4.97. The number of nitrogens with one attached hydrogen (secondary N) is 2. The highest BCUT2D eigenvalue weighted by Crippen LogP contribution is 2.30. The zero-order valence-corrected chi connectivity index (χ0v) is 7.62. The Balaban J connectivity index is 1.78. The molecule has 0 radical (unpaired) electrons. The van der Waals surface area contributed by atoms with Gasteiger partial charge in [0.1, 0.15) is 0 Å². The summed E-state index contributed by atoms with van der Waals surface area (Å²) in [5.41, 5.74) is 0. The number of hydrogen-bond donors (Lipinski definition) is 3. The highest BCUT2D eigenvalue weighted by molar-refractivity contribution is 5.64. The van der Waals surface area contributed by atoms with Gasteiger partial charge in [-0.1, -0.05) is 0 Å². The van der Waals surface area contributed by atoms with Gasteiger partial charge in [0.2, 0.25) is 0 Å². The summed E-state index contributed by atoms with van der Waals surface area (Å²) in [4.78, 5) is 10.3. The Hall–Kier alpha value is -0.770. The molecule has 2 fully saturated rings. The van der Waals surface area contributed by atoms with Crippen LogP contribution < -0.4 is 10.6 Å². The van der Waals surface area contributed by atoms with Crippen molar-refractivity contribution in [2.45, 2.75) is 37.8 Å². The summed E-state index contributed by atoms with van der Waals surface area (Å²) < 4.78 is 0. The number of carbonyl (C=O) groups is 1. The largest absolute Gasteiger partial charge is 0.465 e. The molecule has 2 aliphatic rings. The molecule has 0 saturated carbocycles. The van der Waals surface area contributed by atoms with Crippen LogP contribution in [0.4, 0.5) is 4.79 Å². The van der Waals surface area contributed by atoms with E-state index >= 15 is 0 Å². The molecule has 0 aliphatic carbocycles. The summed E-state index contributed by atoms with van der Waals surface area (Å²) in [5, 5.41) is 14.5. The van der Waals surface area contributed by atoms with E-state index in [9.17, 15) is 4.79 Å². The highest BCUT2D eigenvalue weighted by atomic mass is 16.4. The average molecular weight is 184 g/mol. The third-order valence-corrected chi connectivity index (χ3v) is 3.11. The first kappa shape index (κ1) is 8.81. The standard InChI is InChI=1S/C9H16N2O2/c12-9(13)10-5-6-3-7-1-2-8(4-6)11-7/h6-8,10-11H,1-5H2,(H,12,13)/t6?,7-,8+. The van der Waals surface area contributed by atoms with Crippen LogP contribution in [0.15, 0.2) is 0 Å². The molecule has 4 heteroatoms. The van der Waals surface area contributed by atoms with Crippen LogP contribution in [0.1, 0.15) is 25.7 Å². The summed E-state index contributed by atoms with van der Waals surface area (Å²) in [6.07, 6.45) is 3.92. The van der Waals surface area contributed by atoms with Crippen LogP contribution in [0.25, 0.3) is 0 Å². The number of amides is 1. The molecular weight excluding hydrogens is 168 g/mol. The van der Waals surface area contributed by atoms with Gasteiger partial charge in [0, 0.05) is 18.6 Å². The van der Waals surface area contributed by atoms with Gasteiger partial charge in [-0.2, -0.15) is 0 Å². The van der Waals surface area contributed by atoms with Gasteiger partial charge in [-0.15, -0.1) is 0 Å². The molecule has 0 spiro atoms. The lowest BCUT2D eigenvalue weighted by molar-refractivity contribution is 0.188. The second kappa shape index (κ2) is 3.54. The second-order valence-corrected chi connectivity index (χ2v) is 4.16. The number of rotatable bonds is 2. The molecule has 0 aromatic heterocycles. The van der Waals surface area contributed by atoms with Gasteiger partial charge < -0.3 is 15.7 Å². The molecule has 1 amide bonds. The lowest BCUT2D eigenvalue weighted by atomic mass is 9.92. The fraction of sp³-hybridized carbons (Fsp3) is 0.889. The van der Waals surface area contributed by atoms with Crippen molar-refractivity contribution in [3.05, 3.63) is 0 Å². The molecular formula is C9H16N2O2. The van der Waals surface area contributed by atoms with Crippen LogP contribution >= 0.6 is 0 Å². The molecule has 2 aliphatic heterocycles. The Morgan fingerprint density at radius 2 is 2.00 bits per heavy atom. The minimum absolute atomic E-state index is 0.551. The summed E-state index contributed by atoms with van der Waals surface area (Å²) in [7, 11) is 0. The topological polar surface area (TPSA) is 61.4 Å². The second-order valence-electron chi connectivity index (χ2n) is 4.16. The third-order valence-electron chi connectivity index (χ3n) is 3.11. The highest BCUT2D eigenvalue weighted by Gasteiger charge is 2.33. The van der Waals surface area contributed by atoms with E-state index in [1.807, 2.05) is 0 Å². The molecule has 2 saturated heterocycles. The van der Waals surface area contributed by atoms with Gasteiger partial charge in [-0.05, 0) is 31.6 Å². The van der Waals surface area contributed by atoms with Crippen molar-refractivity contribution in [3.8, 4) is 0 Å². The Morgan fingerprint density at radius 1 is 1.38 bits per heavy atom. The SMILES string of the molecule is O=C(O)NCC1C[C@H]2CC[C@@H](C1)N2. The van der Waals surface area contributed by atoms with Crippen molar-refractivity contribution in [1.29, 1.82) is 0 Å². The van der Waals surface area contributed by atoms with Crippen molar-refractivity contribution in [3.63, 3.8) is 0 Å². The molecule has 2 heterocycles. The van der Waals surface area contributed by atoms with Crippen LogP contribution in [0.5, 0.6) is 0 Å². The third kappa shape index (κ3) is 2.12. The molecule has 0 aromatic rings. The smallest absolute Gasteiger partial charge is 0.404 e. The van der Waals surface area contributed by atoms with E-state index in [0.717, 1.165) is 12.8 Å². The molecule has 74 valence electrons. The van der Waals surface area contributed by atoms with Crippen molar-refractivity contribution < 1.29 is 9.90 Å². The van der Waals surface area contributed by atoms with E-state index in [1.54, 1.807) is 0 Å². The van der Waals surface area contributed by atoms with Gasteiger partial charge in [0.15, 0.2) is 0 Å². The van der Waals surface area contributed by atoms with Crippen LogP contribution in [-0.2, 0) is 0 Å². The summed E-state index contributed by atoms with van der Waals surface area (Å²) in [6.45, 7) is 0.629. The minimum atomic E-state index is -0.897. The van der Waals surface area contributed by atoms with E-state index in [2.05, 4.69) is 10.6 Å². The molecule has 3 atom stereocenters. The summed E-state index contributed by atoms with van der Waals surface area (Å²) in [5.74, 6) is 0.551. The number of piperidine rings is 1. The van der Waals surface area contributed by atoms with Crippen LogP contribution in [0.3, 0.4) is 0 Å². The maximum Gasteiger partial charge on any atom is 0.404 e. The zero-order chi connectivity index (χ0) is 9.26. The van der Waals surface area contributed by atoms with Gasteiger partial charge in [-0.25, -0.2) is 4.79 Å². The number of carboxylic acid groups (broad SMARTS) is 1. The predicted molar refractivity (Wildman–Crippen MR) is 48.7 cm³/mol.